The molecule has 0 atom stereocenters. The van der Waals surface area contributed by atoms with Gasteiger partial charge in [-0.15, -0.1) is 11.8 Å². The van der Waals surface area contributed by atoms with Gasteiger partial charge in [0.05, 0.1) is 16.1 Å². The molecule has 1 heterocycles. The van der Waals surface area contributed by atoms with E-state index in [1.54, 1.807) is 35.2 Å². The maximum absolute atomic E-state index is 14.4. The van der Waals surface area contributed by atoms with Crippen molar-refractivity contribution in [2.24, 2.45) is 0 Å². The van der Waals surface area contributed by atoms with Crippen LogP contribution in [0.2, 0.25) is 0 Å². The smallest absolute Gasteiger partial charge is 0.336 e. The predicted octanol–water partition coefficient (Wildman–Crippen LogP) is 8.49. The highest BCUT2D eigenvalue weighted by Gasteiger charge is 2.30. The number of likely N-dealkylation sites (N-methyl/N-ethyl adjacent to an activating group) is 1. The van der Waals surface area contributed by atoms with Crippen molar-refractivity contribution in [1.82, 2.24) is 14.4 Å². The zero-order valence-corrected chi connectivity index (χ0v) is 27.7. The number of para-hydroxylation sites is 1. The molecule has 0 spiro atoms. The Labute approximate surface area is 281 Å². The Balaban J connectivity index is 1.41. The molecule has 0 unspecified atom stereocenters. The molecule has 0 bridgehead atoms. The Morgan fingerprint density at radius 3 is 2.08 bits per heavy atom. The molecule has 1 aromatic heterocycles. The molecule has 0 N–H and O–H groups in total. The van der Waals surface area contributed by atoms with E-state index in [1.165, 1.54) is 36.0 Å². The summed E-state index contributed by atoms with van der Waals surface area (Å²) in [6.07, 6.45) is -4.40. The highest BCUT2D eigenvalue weighted by molar-refractivity contribution is 7.98. The second-order valence-electron chi connectivity index (χ2n) is 11.4. The predicted molar refractivity (Wildman–Crippen MR) is 184 cm³/mol. The number of thioether (sulfide) groups is 1. The first-order chi connectivity index (χ1) is 23.1. The van der Waals surface area contributed by atoms with E-state index in [4.69, 9.17) is 0 Å². The number of rotatable bonds is 13. The molecule has 48 heavy (non-hydrogen) atoms. The molecule has 0 aliphatic heterocycles. The maximum Gasteiger partial charge on any atom is 0.416 e. The third kappa shape index (κ3) is 8.54. The summed E-state index contributed by atoms with van der Waals surface area (Å²) in [6, 6.07) is 27.7. The van der Waals surface area contributed by atoms with Crippen molar-refractivity contribution in [3.63, 3.8) is 0 Å². The van der Waals surface area contributed by atoms with Gasteiger partial charge in [-0.2, -0.15) is 13.2 Å². The zero-order chi connectivity index (χ0) is 34.3. The van der Waals surface area contributed by atoms with Gasteiger partial charge in [0, 0.05) is 36.8 Å². The summed E-state index contributed by atoms with van der Waals surface area (Å²) in [7, 11) is 0. The van der Waals surface area contributed by atoms with Crippen molar-refractivity contribution < 1.29 is 22.4 Å². The van der Waals surface area contributed by atoms with Crippen LogP contribution in [-0.4, -0.2) is 46.5 Å². The minimum Gasteiger partial charge on any atom is -0.336 e. The largest absolute Gasteiger partial charge is 0.416 e. The van der Waals surface area contributed by atoms with Crippen LogP contribution in [-0.2, 0) is 29.8 Å². The van der Waals surface area contributed by atoms with Crippen molar-refractivity contribution in [1.29, 1.82) is 0 Å². The highest BCUT2D eigenvalue weighted by atomic mass is 32.2. The number of fused-ring (bicyclic) bond motifs is 1. The first kappa shape index (κ1) is 34.9. The van der Waals surface area contributed by atoms with Gasteiger partial charge >= 0.3 is 6.18 Å². The summed E-state index contributed by atoms with van der Waals surface area (Å²) in [5.74, 6) is -0.187. The van der Waals surface area contributed by atoms with Gasteiger partial charge in [-0.3, -0.25) is 9.59 Å². The molecule has 5 aromatic rings. The Kier molecular flexibility index (Phi) is 11.4. The quantitative estimate of drug-likeness (QED) is 0.0928. The topological polar surface area (TPSA) is 45.5 Å². The third-order valence-electron chi connectivity index (χ3n) is 8.41. The number of aromatic nitrogens is 1. The lowest BCUT2D eigenvalue weighted by Crippen LogP contribution is -2.40. The number of nitrogens with zero attached hydrogens (tertiary/aromatic N) is 3. The summed E-state index contributed by atoms with van der Waals surface area (Å²) in [6.45, 7) is 7.25. The molecule has 5 rings (SSSR count). The number of hydrogen-bond acceptors (Lipinski definition) is 4. The molecule has 0 aliphatic rings. The molecule has 0 fully saturated rings. The van der Waals surface area contributed by atoms with Crippen LogP contribution in [0.25, 0.3) is 22.0 Å². The Hall–Kier alpha value is -4.41. The fraction of sp³-hybridized carbons (Fsp3) is 0.263. The van der Waals surface area contributed by atoms with Gasteiger partial charge in [0.25, 0.3) is 0 Å². The lowest BCUT2D eigenvalue weighted by molar-refractivity contribution is -0.137. The van der Waals surface area contributed by atoms with Crippen LogP contribution in [0, 0.1) is 5.82 Å². The molecule has 0 aliphatic carbocycles. The summed E-state index contributed by atoms with van der Waals surface area (Å²) in [5, 5.41) is 1.06. The van der Waals surface area contributed by atoms with E-state index in [0.29, 0.717) is 46.7 Å². The zero-order valence-electron chi connectivity index (χ0n) is 26.8. The van der Waals surface area contributed by atoms with Crippen LogP contribution in [0.4, 0.5) is 17.6 Å². The van der Waals surface area contributed by atoms with E-state index >= 15 is 0 Å². The first-order valence-corrected chi connectivity index (χ1v) is 16.8. The maximum atomic E-state index is 14.4. The average Bonchev–Trinajstić information content (AvgIpc) is 3.09. The Bertz CT molecular complexity index is 1900. The number of benzene rings is 4. The number of alkyl halides is 3. The molecule has 4 aromatic carbocycles. The van der Waals surface area contributed by atoms with E-state index in [0.717, 1.165) is 36.3 Å². The Morgan fingerprint density at radius 1 is 0.812 bits per heavy atom. The van der Waals surface area contributed by atoms with Gasteiger partial charge in [-0.05, 0) is 65.7 Å². The van der Waals surface area contributed by atoms with Gasteiger partial charge in [-0.25, -0.2) is 4.39 Å². The summed E-state index contributed by atoms with van der Waals surface area (Å²) >= 11 is 1.31. The molecule has 0 saturated heterocycles. The standard InChI is InChI=1S/C38H37F4N3O2S/c1-3-43(4-2)21-22-44(24-27-13-15-28(16-14-27)29-17-19-31(20-18-29)38(40,41)42)36(47)25-45-34-12-8-6-10-32(34)35(46)23-37(45)48-26-30-9-5-7-11-33(30)39/h5-20,23H,3-4,21-22,24-26H2,1-2H3. The number of pyridine rings is 1. The van der Waals surface area contributed by atoms with Crippen molar-refractivity contribution in [2.75, 3.05) is 26.2 Å². The highest BCUT2D eigenvalue weighted by Crippen LogP contribution is 2.31. The summed E-state index contributed by atoms with van der Waals surface area (Å²) in [4.78, 5) is 31.3. The number of hydrogen-bond donors (Lipinski definition) is 0. The molecule has 250 valence electrons. The van der Waals surface area contributed by atoms with Crippen LogP contribution in [0.15, 0.2) is 113 Å². The molecule has 10 heteroatoms. The molecule has 5 nitrogen and oxygen atoms in total. The number of carbonyl (C=O) groups excluding carboxylic acids is 1. The average molecular weight is 676 g/mol. The summed E-state index contributed by atoms with van der Waals surface area (Å²) < 4.78 is 55.4. The lowest BCUT2D eigenvalue weighted by Gasteiger charge is -2.28. The normalized spacial score (nSPS) is 11.7. The van der Waals surface area contributed by atoms with Gasteiger partial charge < -0.3 is 14.4 Å². The second-order valence-corrected chi connectivity index (χ2v) is 12.4. The van der Waals surface area contributed by atoms with E-state index < -0.39 is 11.7 Å². The number of carbonyl (C=O) groups is 1. The number of halogens is 4. The van der Waals surface area contributed by atoms with Gasteiger partial charge in [0.15, 0.2) is 5.43 Å². The van der Waals surface area contributed by atoms with Crippen LogP contribution < -0.4 is 5.43 Å². The van der Waals surface area contributed by atoms with Crippen molar-refractivity contribution in [2.45, 2.75) is 43.9 Å². The van der Waals surface area contributed by atoms with Crippen LogP contribution >= 0.6 is 11.8 Å². The number of amides is 1. The van der Waals surface area contributed by atoms with Crippen LogP contribution in [0.3, 0.4) is 0 Å². The fourth-order valence-corrected chi connectivity index (χ4v) is 6.60. The van der Waals surface area contributed by atoms with Crippen LogP contribution in [0.5, 0.6) is 0 Å². The van der Waals surface area contributed by atoms with Crippen molar-refractivity contribution >= 4 is 28.6 Å². The lowest BCUT2D eigenvalue weighted by atomic mass is 10.0. The minimum atomic E-state index is -4.40. The summed E-state index contributed by atoms with van der Waals surface area (Å²) in [5.41, 5.74) is 2.56. The Morgan fingerprint density at radius 2 is 1.44 bits per heavy atom. The van der Waals surface area contributed by atoms with E-state index in [9.17, 15) is 27.2 Å². The molecular formula is C38H37F4N3O2S. The SMILES string of the molecule is CCN(CC)CCN(Cc1ccc(-c2ccc(C(F)(F)F)cc2)cc1)C(=O)Cn1c(SCc2ccccc2F)cc(=O)c2ccccc21. The van der Waals surface area contributed by atoms with Gasteiger partial charge in [-0.1, -0.05) is 80.6 Å². The van der Waals surface area contributed by atoms with Crippen LogP contribution in [0.1, 0.15) is 30.5 Å². The fourth-order valence-electron chi connectivity index (χ4n) is 5.56. The molecular weight excluding hydrogens is 638 g/mol. The van der Waals surface area contributed by atoms with E-state index in [1.807, 2.05) is 41.0 Å². The van der Waals surface area contributed by atoms with Crippen molar-refractivity contribution in [3.8, 4) is 11.1 Å². The third-order valence-corrected chi connectivity index (χ3v) is 9.50. The molecule has 0 radical (unpaired) electrons. The molecule has 1 amide bonds. The van der Waals surface area contributed by atoms with E-state index in [-0.39, 0.29) is 29.5 Å². The minimum absolute atomic E-state index is 0.0255. The molecule has 0 saturated carbocycles. The van der Waals surface area contributed by atoms with Gasteiger partial charge in [0.1, 0.15) is 12.4 Å². The monoisotopic (exact) mass is 675 g/mol. The first-order valence-electron chi connectivity index (χ1n) is 15.8. The van der Waals surface area contributed by atoms with Gasteiger partial charge in [0.2, 0.25) is 5.91 Å². The van der Waals surface area contributed by atoms with Crippen molar-refractivity contribution in [3.05, 3.63) is 136 Å². The second kappa shape index (κ2) is 15.7. The van der Waals surface area contributed by atoms with E-state index in [2.05, 4.69) is 18.7 Å².